The van der Waals surface area contributed by atoms with Crippen molar-refractivity contribution in [2.24, 2.45) is 0 Å². The van der Waals surface area contributed by atoms with Gasteiger partial charge in [0, 0.05) is 17.5 Å². The predicted molar refractivity (Wildman–Crippen MR) is 94.0 cm³/mol. The van der Waals surface area contributed by atoms with Crippen LogP contribution >= 0.6 is 0 Å². The molecule has 2 aromatic heterocycles. The molecule has 2 aliphatic heterocycles. The number of benzene rings is 1. The number of aromatic nitrogens is 3. The second-order valence-corrected chi connectivity index (χ2v) is 7.09. The van der Waals surface area contributed by atoms with E-state index in [1.807, 2.05) is 33.8 Å². The Balaban J connectivity index is 1.43. The van der Waals surface area contributed by atoms with Crippen LogP contribution in [0.4, 0.5) is 0 Å². The number of hydrogen-bond donors (Lipinski definition) is 0. The second kappa shape index (κ2) is 5.86. The number of hydrogen-bond acceptors (Lipinski definition) is 5. The lowest BCUT2D eigenvalue weighted by molar-refractivity contribution is 0.0494. The number of ether oxygens (including phenoxy) is 1. The van der Waals surface area contributed by atoms with Crippen LogP contribution in [0.15, 0.2) is 41.3 Å². The van der Waals surface area contributed by atoms with Crippen molar-refractivity contribution in [3.8, 4) is 5.75 Å². The van der Waals surface area contributed by atoms with Crippen LogP contribution in [-0.4, -0.2) is 44.8 Å². The minimum atomic E-state index is -0.0206. The van der Waals surface area contributed by atoms with E-state index in [1.54, 1.807) is 19.8 Å². The highest BCUT2D eigenvalue weighted by Gasteiger charge is 2.45. The molecule has 3 aromatic rings. The van der Waals surface area contributed by atoms with Crippen LogP contribution in [0.2, 0.25) is 0 Å². The predicted octanol–water partition coefficient (Wildman–Crippen LogP) is 3.04. The van der Waals surface area contributed by atoms with Gasteiger partial charge in [-0.3, -0.25) is 4.79 Å². The van der Waals surface area contributed by atoms with E-state index in [4.69, 9.17) is 9.15 Å². The Kier molecular flexibility index (Phi) is 3.48. The smallest absolute Gasteiger partial charge is 0.290 e. The van der Waals surface area contributed by atoms with Crippen molar-refractivity contribution in [1.29, 1.82) is 0 Å². The molecule has 4 heterocycles. The third-order valence-electron chi connectivity index (χ3n) is 5.69. The normalized spacial score (nSPS) is 25.0. The van der Waals surface area contributed by atoms with Crippen LogP contribution in [0.1, 0.15) is 42.3 Å². The fourth-order valence-corrected chi connectivity index (χ4v) is 4.53. The van der Waals surface area contributed by atoms with Crippen molar-refractivity contribution in [3.63, 3.8) is 0 Å². The average Bonchev–Trinajstić information content (AvgIpc) is 3.38. The van der Waals surface area contributed by atoms with Gasteiger partial charge in [0.15, 0.2) is 17.1 Å². The molecule has 7 heteroatoms. The van der Waals surface area contributed by atoms with Gasteiger partial charge >= 0.3 is 0 Å². The molecule has 2 bridgehead atoms. The molecule has 0 saturated carbocycles. The first kappa shape index (κ1) is 15.4. The molecule has 1 aromatic carbocycles. The zero-order valence-electron chi connectivity index (χ0n) is 14.5. The summed E-state index contributed by atoms with van der Waals surface area (Å²) in [5.41, 5.74) is 0.628. The van der Waals surface area contributed by atoms with Crippen molar-refractivity contribution in [1.82, 2.24) is 19.7 Å². The van der Waals surface area contributed by atoms with Crippen molar-refractivity contribution in [2.75, 3.05) is 7.11 Å². The van der Waals surface area contributed by atoms with E-state index in [2.05, 4.69) is 10.1 Å². The molecule has 5 rings (SSSR count). The van der Waals surface area contributed by atoms with Gasteiger partial charge in [-0.1, -0.05) is 12.1 Å². The van der Waals surface area contributed by atoms with Gasteiger partial charge in [-0.2, -0.15) is 5.10 Å². The molecule has 134 valence electrons. The van der Waals surface area contributed by atoms with E-state index in [1.165, 1.54) is 0 Å². The van der Waals surface area contributed by atoms with E-state index >= 15 is 0 Å². The summed E-state index contributed by atoms with van der Waals surface area (Å²) >= 11 is 0. The van der Waals surface area contributed by atoms with Gasteiger partial charge in [0.1, 0.15) is 12.7 Å². The molecule has 26 heavy (non-hydrogen) atoms. The number of furan rings is 1. The number of piperidine rings is 1. The highest BCUT2D eigenvalue weighted by atomic mass is 16.5. The van der Waals surface area contributed by atoms with Crippen molar-refractivity contribution < 1.29 is 13.9 Å². The maximum Gasteiger partial charge on any atom is 0.290 e. The molecule has 2 fully saturated rings. The summed E-state index contributed by atoms with van der Waals surface area (Å²) in [6.07, 6.45) is 7.23. The van der Waals surface area contributed by atoms with Gasteiger partial charge < -0.3 is 14.1 Å². The zero-order valence-corrected chi connectivity index (χ0v) is 14.5. The van der Waals surface area contributed by atoms with Gasteiger partial charge in [-0.25, -0.2) is 9.67 Å². The summed E-state index contributed by atoms with van der Waals surface area (Å²) < 4.78 is 13.2. The van der Waals surface area contributed by atoms with E-state index in [-0.39, 0.29) is 18.0 Å². The molecular weight excluding hydrogens is 332 g/mol. The number of carbonyl (C=O) groups is 1. The van der Waals surface area contributed by atoms with Gasteiger partial charge in [0.25, 0.3) is 5.91 Å². The number of rotatable bonds is 3. The van der Waals surface area contributed by atoms with Gasteiger partial charge in [0.2, 0.25) is 0 Å². The summed E-state index contributed by atoms with van der Waals surface area (Å²) in [7, 11) is 1.61. The van der Waals surface area contributed by atoms with Gasteiger partial charge in [-0.15, -0.1) is 0 Å². The molecule has 2 unspecified atom stereocenters. The van der Waals surface area contributed by atoms with Crippen LogP contribution < -0.4 is 4.74 Å². The number of amides is 1. The fourth-order valence-electron chi connectivity index (χ4n) is 4.53. The SMILES string of the molecule is COc1cccc2cc(C(=O)N3C4CCC3CC(n3cncn3)C4)oc12. The first-order chi connectivity index (χ1) is 12.7. The third-order valence-corrected chi connectivity index (χ3v) is 5.69. The molecule has 1 amide bonds. The highest BCUT2D eigenvalue weighted by Crippen LogP contribution is 2.41. The zero-order chi connectivity index (χ0) is 17.7. The summed E-state index contributed by atoms with van der Waals surface area (Å²) in [6, 6.07) is 8.27. The minimum absolute atomic E-state index is 0.0206. The van der Waals surface area contributed by atoms with Crippen LogP contribution in [0.25, 0.3) is 11.0 Å². The Labute approximate surface area is 150 Å². The van der Waals surface area contributed by atoms with E-state index < -0.39 is 0 Å². The molecular formula is C19H20N4O3. The number of methoxy groups -OCH3 is 1. The van der Waals surface area contributed by atoms with Crippen LogP contribution in [0.3, 0.4) is 0 Å². The maximum atomic E-state index is 13.2. The molecule has 2 atom stereocenters. The van der Waals surface area contributed by atoms with Crippen molar-refractivity contribution in [2.45, 2.75) is 43.8 Å². The Bertz CT molecular complexity index is 935. The molecule has 0 aliphatic carbocycles. The lowest BCUT2D eigenvalue weighted by Gasteiger charge is -2.38. The Hall–Kier alpha value is -2.83. The quantitative estimate of drug-likeness (QED) is 0.724. The first-order valence-corrected chi connectivity index (χ1v) is 8.98. The highest BCUT2D eigenvalue weighted by molar-refractivity contribution is 5.97. The van der Waals surface area contributed by atoms with Crippen LogP contribution in [-0.2, 0) is 0 Å². The molecule has 0 N–H and O–H groups in total. The van der Waals surface area contributed by atoms with Crippen molar-refractivity contribution in [3.05, 3.63) is 42.7 Å². The first-order valence-electron chi connectivity index (χ1n) is 8.98. The average molecular weight is 352 g/mol. The van der Waals surface area contributed by atoms with E-state index in [0.717, 1.165) is 31.1 Å². The third kappa shape index (κ3) is 2.30. The second-order valence-electron chi connectivity index (χ2n) is 7.09. The molecule has 2 saturated heterocycles. The number of fused-ring (bicyclic) bond motifs is 3. The number of nitrogens with zero attached hydrogens (tertiary/aromatic N) is 4. The Morgan fingerprint density at radius 3 is 2.73 bits per heavy atom. The summed E-state index contributed by atoms with van der Waals surface area (Å²) in [5, 5.41) is 5.17. The van der Waals surface area contributed by atoms with Gasteiger partial charge in [0.05, 0.1) is 13.2 Å². The molecule has 7 nitrogen and oxygen atoms in total. The number of para-hydroxylation sites is 1. The molecule has 0 radical (unpaired) electrons. The van der Waals surface area contributed by atoms with Crippen LogP contribution in [0.5, 0.6) is 5.75 Å². The largest absolute Gasteiger partial charge is 0.493 e. The standard InChI is InChI=1S/C19H20N4O3/c1-25-16-4-2-3-12-7-17(26-18(12)16)19(24)23-13-5-6-14(23)9-15(8-13)22-11-20-10-21-22/h2-4,7,10-11,13-15H,5-6,8-9H2,1H3. The van der Waals surface area contributed by atoms with E-state index in [9.17, 15) is 4.79 Å². The number of carbonyl (C=O) groups excluding carboxylic acids is 1. The Morgan fingerprint density at radius 1 is 1.23 bits per heavy atom. The van der Waals surface area contributed by atoms with Gasteiger partial charge in [-0.05, 0) is 37.8 Å². The topological polar surface area (TPSA) is 73.4 Å². The summed E-state index contributed by atoms with van der Waals surface area (Å²) in [4.78, 5) is 19.3. The summed E-state index contributed by atoms with van der Waals surface area (Å²) in [6.45, 7) is 0. The lowest BCUT2D eigenvalue weighted by Crippen LogP contribution is -2.46. The van der Waals surface area contributed by atoms with Crippen LogP contribution in [0, 0.1) is 0 Å². The lowest BCUT2D eigenvalue weighted by atomic mass is 9.97. The minimum Gasteiger partial charge on any atom is -0.493 e. The monoisotopic (exact) mass is 352 g/mol. The van der Waals surface area contributed by atoms with Crippen molar-refractivity contribution >= 4 is 16.9 Å². The Morgan fingerprint density at radius 2 is 2.04 bits per heavy atom. The fraction of sp³-hybridized carbons (Fsp3) is 0.421. The molecule has 2 aliphatic rings. The maximum absolute atomic E-state index is 13.2. The molecule has 0 spiro atoms. The van der Waals surface area contributed by atoms with E-state index in [0.29, 0.717) is 23.1 Å². The summed E-state index contributed by atoms with van der Waals surface area (Å²) in [5.74, 6) is 1.02.